The minimum absolute atomic E-state index is 0.0550. The van der Waals surface area contributed by atoms with Crippen molar-refractivity contribution in [1.82, 2.24) is 15.1 Å². The second-order valence-corrected chi connectivity index (χ2v) is 5.76. The number of hydrogen-bond donors (Lipinski definition) is 1. The van der Waals surface area contributed by atoms with Crippen molar-refractivity contribution in [2.75, 3.05) is 11.4 Å². The molecule has 0 bridgehead atoms. The van der Waals surface area contributed by atoms with Gasteiger partial charge in [0, 0.05) is 24.3 Å². The van der Waals surface area contributed by atoms with E-state index in [1.807, 2.05) is 19.9 Å². The van der Waals surface area contributed by atoms with Crippen LogP contribution in [0.4, 0.5) is 5.69 Å². The number of nitrogens with zero attached hydrogens (tertiary/aromatic N) is 4. The van der Waals surface area contributed by atoms with E-state index in [0.717, 1.165) is 25.1 Å². The molecule has 1 amide bonds. The number of rotatable bonds is 4. The van der Waals surface area contributed by atoms with Crippen LogP contribution in [0.5, 0.6) is 0 Å². The fraction of sp³-hybridized carbons (Fsp3) is 0.467. The van der Waals surface area contributed by atoms with Gasteiger partial charge in [0.1, 0.15) is 5.69 Å². The zero-order valence-electron chi connectivity index (χ0n) is 12.7. The van der Waals surface area contributed by atoms with Crippen LogP contribution in [0, 0.1) is 0 Å². The van der Waals surface area contributed by atoms with E-state index in [0.29, 0.717) is 11.7 Å². The Morgan fingerprint density at radius 3 is 3.00 bits per heavy atom. The van der Waals surface area contributed by atoms with Gasteiger partial charge in [-0.2, -0.15) is 4.98 Å². The van der Waals surface area contributed by atoms with Crippen molar-refractivity contribution in [3.05, 3.63) is 35.7 Å². The molecule has 0 saturated carbocycles. The molecule has 1 unspecified atom stereocenters. The smallest absolute Gasteiger partial charge is 0.267 e. The summed E-state index contributed by atoms with van der Waals surface area (Å²) in [7, 11) is 0. The van der Waals surface area contributed by atoms with Crippen molar-refractivity contribution in [2.45, 2.75) is 38.6 Å². The van der Waals surface area contributed by atoms with Gasteiger partial charge in [0.15, 0.2) is 5.82 Å². The van der Waals surface area contributed by atoms with Crippen LogP contribution in [0.25, 0.3) is 0 Å². The molecule has 22 heavy (non-hydrogen) atoms. The van der Waals surface area contributed by atoms with Gasteiger partial charge in [-0.15, -0.1) is 0 Å². The highest BCUT2D eigenvalue weighted by Crippen LogP contribution is 2.35. The molecule has 3 heterocycles. The third kappa shape index (κ3) is 2.66. The Labute approximate surface area is 128 Å². The highest BCUT2D eigenvalue weighted by atomic mass is 16.5. The highest BCUT2D eigenvalue weighted by Gasteiger charge is 2.31. The third-order valence-corrected chi connectivity index (χ3v) is 3.83. The van der Waals surface area contributed by atoms with Crippen LogP contribution in [0.2, 0.25) is 0 Å². The van der Waals surface area contributed by atoms with Gasteiger partial charge in [-0.1, -0.05) is 19.0 Å². The van der Waals surface area contributed by atoms with Crippen LogP contribution in [0.3, 0.4) is 0 Å². The lowest BCUT2D eigenvalue weighted by atomic mass is 10.2. The first-order valence-electron chi connectivity index (χ1n) is 7.42. The van der Waals surface area contributed by atoms with Crippen LogP contribution in [-0.2, 0) is 0 Å². The minimum Gasteiger partial charge on any atom is -0.364 e. The number of carbonyl (C=O) groups excluding carboxylic acids is 1. The van der Waals surface area contributed by atoms with Gasteiger partial charge in [-0.25, -0.2) is 0 Å². The summed E-state index contributed by atoms with van der Waals surface area (Å²) in [5, 5.41) is 4.12. The van der Waals surface area contributed by atoms with E-state index in [1.54, 1.807) is 12.3 Å². The Balaban J connectivity index is 1.89. The molecule has 1 aliphatic heterocycles. The molecule has 116 valence electrons. The van der Waals surface area contributed by atoms with Gasteiger partial charge in [0.05, 0.1) is 6.04 Å². The molecule has 0 spiro atoms. The van der Waals surface area contributed by atoms with E-state index in [1.165, 1.54) is 0 Å². The fourth-order valence-corrected chi connectivity index (χ4v) is 2.69. The van der Waals surface area contributed by atoms with Gasteiger partial charge < -0.3 is 15.2 Å². The molecule has 7 nitrogen and oxygen atoms in total. The van der Waals surface area contributed by atoms with Crippen molar-refractivity contribution in [3.63, 3.8) is 0 Å². The van der Waals surface area contributed by atoms with Crippen LogP contribution >= 0.6 is 0 Å². The number of carbonyl (C=O) groups is 1. The Bertz CT molecular complexity index is 682. The van der Waals surface area contributed by atoms with Gasteiger partial charge >= 0.3 is 0 Å². The summed E-state index contributed by atoms with van der Waals surface area (Å²) >= 11 is 0. The fourth-order valence-electron chi connectivity index (χ4n) is 2.69. The Kier molecular flexibility index (Phi) is 3.79. The molecule has 1 fully saturated rings. The van der Waals surface area contributed by atoms with Crippen LogP contribution in [-0.4, -0.2) is 27.6 Å². The average molecular weight is 301 g/mol. The molecule has 1 aliphatic rings. The monoisotopic (exact) mass is 301 g/mol. The number of aromatic nitrogens is 3. The first-order chi connectivity index (χ1) is 10.6. The molecule has 3 rings (SSSR count). The summed E-state index contributed by atoms with van der Waals surface area (Å²) in [6, 6.07) is 3.64. The first kappa shape index (κ1) is 14.5. The number of anilines is 1. The molecule has 0 aromatic carbocycles. The van der Waals surface area contributed by atoms with E-state index in [9.17, 15) is 4.79 Å². The molecule has 7 heteroatoms. The normalized spacial score (nSPS) is 18.1. The standard InChI is InChI=1S/C15H19N5O2/c1-9(2)15-18-14(19-22-15)12-4-3-7-20(12)10-5-6-17-11(8-10)13(16)21/h5-6,8-9,12H,3-4,7H2,1-2H3,(H2,16,21). The largest absolute Gasteiger partial charge is 0.364 e. The number of pyridine rings is 1. The maximum atomic E-state index is 11.3. The molecular formula is C15H19N5O2. The number of amides is 1. The zero-order valence-corrected chi connectivity index (χ0v) is 12.7. The van der Waals surface area contributed by atoms with Gasteiger partial charge in [0.2, 0.25) is 5.89 Å². The molecule has 2 N–H and O–H groups in total. The number of nitrogens with two attached hydrogens (primary N) is 1. The molecule has 2 aromatic rings. The first-order valence-corrected chi connectivity index (χ1v) is 7.42. The summed E-state index contributed by atoms with van der Waals surface area (Å²) in [6.07, 6.45) is 3.58. The highest BCUT2D eigenvalue weighted by molar-refractivity contribution is 5.91. The maximum Gasteiger partial charge on any atom is 0.267 e. The van der Waals surface area contributed by atoms with Crippen molar-refractivity contribution in [2.24, 2.45) is 5.73 Å². The van der Waals surface area contributed by atoms with Crippen molar-refractivity contribution >= 4 is 11.6 Å². The molecular weight excluding hydrogens is 282 g/mol. The van der Waals surface area contributed by atoms with Crippen molar-refractivity contribution < 1.29 is 9.32 Å². The van der Waals surface area contributed by atoms with E-state index in [2.05, 4.69) is 20.0 Å². The van der Waals surface area contributed by atoms with Crippen molar-refractivity contribution in [1.29, 1.82) is 0 Å². The molecule has 1 atom stereocenters. The summed E-state index contributed by atoms with van der Waals surface area (Å²) in [6.45, 7) is 4.91. The zero-order chi connectivity index (χ0) is 15.7. The SMILES string of the molecule is CC(C)c1nc(C2CCCN2c2ccnc(C(N)=O)c2)no1. The van der Waals surface area contributed by atoms with Crippen LogP contribution in [0.1, 0.15) is 60.9 Å². The summed E-state index contributed by atoms with van der Waals surface area (Å²) < 4.78 is 5.31. The minimum atomic E-state index is -0.528. The lowest BCUT2D eigenvalue weighted by Crippen LogP contribution is -2.24. The average Bonchev–Trinajstić information content (AvgIpc) is 3.16. The molecule has 2 aromatic heterocycles. The van der Waals surface area contributed by atoms with E-state index < -0.39 is 5.91 Å². The lowest BCUT2D eigenvalue weighted by Gasteiger charge is -2.24. The summed E-state index contributed by atoms with van der Waals surface area (Å²) in [5.74, 6) is 1.02. The summed E-state index contributed by atoms with van der Waals surface area (Å²) in [5.41, 5.74) is 6.47. The van der Waals surface area contributed by atoms with Gasteiger partial charge in [-0.05, 0) is 25.0 Å². The number of hydrogen-bond acceptors (Lipinski definition) is 6. The van der Waals surface area contributed by atoms with Crippen LogP contribution in [0.15, 0.2) is 22.9 Å². The predicted molar refractivity (Wildman–Crippen MR) is 80.5 cm³/mol. The Morgan fingerprint density at radius 2 is 2.32 bits per heavy atom. The van der Waals surface area contributed by atoms with Gasteiger partial charge in [-0.3, -0.25) is 9.78 Å². The van der Waals surface area contributed by atoms with Gasteiger partial charge in [0.25, 0.3) is 5.91 Å². The van der Waals surface area contributed by atoms with Crippen LogP contribution < -0.4 is 10.6 Å². The topological polar surface area (TPSA) is 98.1 Å². The maximum absolute atomic E-state index is 11.3. The molecule has 0 radical (unpaired) electrons. The number of primary amides is 1. The lowest BCUT2D eigenvalue weighted by molar-refractivity contribution is 0.0995. The van der Waals surface area contributed by atoms with E-state index in [-0.39, 0.29) is 17.7 Å². The second-order valence-electron chi connectivity index (χ2n) is 5.76. The molecule has 1 saturated heterocycles. The summed E-state index contributed by atoms with van der Waals surface area (Å²) in [4.78, 5) is 22.0. The quantitative estimate of drug-likeness (QED) is 0.927. The Hall–Kier alpha value is -2.44. The third-order valence-electron chi connectivity index (χ3n) is 3.83. The van der Waals surface area contributed by atoms with E-state index >= 15 is 0 Å². The Morgan fingerprint density at radius 1 is 1.50 bits per heavy atom. The predicted octanol–water partition coefficient (Wildman–Crippen LogP) is 2.03. The molecule has 0 aliphatic carbocycles. The second kappa shape index (κ2) is 5.75. The van der Waals surface area contributed by atoms with Crippen molar-refractivity contribution in [3.8, 4) is 0 Å². The van der Waals surface area contributed by atoms with E-state index in [4.69, 9.17) is 10.3 Å².